The largest absolute Gasteiger partial charge is 0.355 e. The van der Waals surface area contributed by atoms with Crippen molar-refractivity contribution in [2.75, 3.05) is 18.0 Å². The van der Waals surface area contributed by atoms with Crippen LogP contribution in [0.4, 0.5) is 5.82 Å². The lowest BCUT2D eigenvalue weighted by atomic mass is 9.96. The smallest absolute Gasteiger partial charge is 0.213 e. The third-order valence-corrected chi connectivity index (χ3v) is 4.56. The molecule has 1 fully saturated rings. The molecule has 0 aromatic carbocycles. The number of aromatic nitrogens is 2. The van der Waals surface area contributed by atoms with Gasteiger partial charge in [0.25, 0.3) is 0 Å². The molecule has 7 heteroatoms. The number of nitrogens with two attached hydrogens (primary N) is 1. The number of anilines is 1. The number of hydrogen-bond donors (Lipinski definition) is 1. The number of rotatable bonds is 2. The summed E-state index contributed by atoms with van der Waals surface area (Å²) in [5, 5.41) is 4.69. The Bertz CT molecular complexity index is 565. The molecule has 19 heavy (non-hydrogen) atoms. The van der Waals surface area contributed by atoms with Gasteiger partial charge in [-0.2, -0.15) is 0 Å². The first kappa shape index (κ1) is 14.2. The van der Waals surface area contributed by atoms with E-state index in [1.807, 2.05) is 25.7 Å². The number of primary sulfonamides is 1. The zero-order chi connectivity index (χ0) is 14.3. The zero-order valence-electron chi connectivity index (χ0n) is 11.5. The molecule has 1 atom stereocenters. The molecule has 1 aromatic rings. The minimum absolute atomic E-state index is 0.130. The van der Waals surface area contributed by atoms with Crippen molar-refractivity contribution in [2.24, 2.45) is 5.14 Å². The molecule has 2 rings (SSSR count). The molecule has 1 aliphatic rings. The molecule has 0 bridgehead atoms. The first-order valence-electron chi connectivity index (χ1n) is 6.28. The van der Waals surface area contributed by atoms with E-state index in [1.54, 1.807) is 12.3 Å². The molecular weight excluding hydrogens is 264 g/mol. The van der Waals surface area contributed by atoms with Crippen LogP contribution in [-0.2, 0) is 15.4 Å². The van der Waals surface area contributed by atoms with E-state index >= 15 is 0 Å². The molecule has 0 aliphatic carbocycles. The van der Waals surface area contributed by atoms with Gasteiger partial charge in [-0.25, -0.2) is 23.5 Å². The van der Waals surface area contributed by atoms with Gasteiger partial charge in [0.2, 0.25) is 10.0 Å². The van der Waals surface area contributed by atoms with Crippen LogP contribution in [0, 0.1) is 0 Å². The molecule has 2 heterocycles. The highest BCUT2D eigenvalue weighted by Crippen LogP contribution is 2.24. The normalized spacial score (nSPS) is 20.8. The van der Waals surface area contributed by atoms with Crippen molar-refractivity contribution in [3.05, 3.63) is 18.1 Å². The Morgan fingerprint density at radius 2 is 2.11 bits per heavy atom. The highest BCUT2D eigenvalue weighted by molar-refractivity contribution is 7.89. The molecule has 106 valence electrons. The Morgan fingerprint density at radius 3 is 2.63 bits per heavy atom. The molecule has 6 nitrogen and oxygen atoms in total. The minimum atomic E-state index is -3.47. The van der Waals surface area contributed by atoms with E-state index in [0.717, 1.165) is 11.6 Å². The zero-order valence-corrected chi connectivity index (χ0v) is 12.3. The monoisotopic (exact) mass is 284 g/mol. The molecule has 0 spiro atoms. The summed E-state index contributed by atoms with van der Waals surface area (Å²) in [6.45, 7) is 7.19. The summed E-state index contributed by atoms with van der Waals surface area (Å²) in [7, 11) is -3.47. The van der Waals surface area contributed by atoms with Gasteiger partial charge in [-0.3, -0.25) is 0 Å². The quantitative estimate of drug-likeness (QED) is 0.861. The van der Waals surface area contributed by atoms with Crippen molar-refractivity contribution in [3.8, 4) is 0 Å². The summed E-state index contributed by atoms with van der Waals surface area (Å²) in [5.41, 5.74) is -0.130. The van der Waals surface area contributed by atoms with Crippen LogP contribution in [0.1, 0.15) is 33.0 Å². The van der Waals surface area contributed by atoms with Crippen molar-refractivity contribution in [1.82, 2.24) is 9.97 Å². The fourth-order valence-electron chi connectivity index (χ4n) is 2.09. The van der Waals surface area contributed by atoms with Crippen LogP contribution in [0.2, 0.25) is 0 Å². The van der Waals surface area contributed by atoms with E-state index in [9.17, 15) is 8.42 Å². The molecule has 0 saturated carbocycles. The molecular formula is C12H20N4O2S. The van der Waals surface area contributed by atoms with Gasteiger partial charge < -0.3 is 4.90 Å². The number of nitrogens with zero attached hydrogens (tertiary/aromatic N) is 3. The van der Waals surface area contributed by atoms with Crippen LogP contribution >= 0.6 is 0 Å². The lowest BCUT2D eigenvalue weighted by molar-refractivity contribution is 0.544. The van der Waals surface area contributed by atoms with Gasteiger partial charge in [0.05, 0.1) is 5.25 Å². The molecule has 0 amide bonds. The SMILES string of the molecule is CC(C)(C)c1nccc(N2CC[C@H](S(N)(=O)=O)C2)n1. The van der Waals surface area contributed by atoms with Crippen LogP contribution in [0.15, 0.2) is 12.3 Å². The Hall–Kier alpha value is -1.21. The van der Waals surface area contributed by atoms with Crippen molar-refractivity contribution in [1.29, 1.82) is 0 Å². The Kier molecular flexibility index (Phi) is 3.53. The van der Waals surface area contributed by atoms with Crippen LogP contribution in [0.25, 0.3) is 0 Å². The van der Waals surface area contributed by atoms with Gasteiger partial charge in [-0.15, -0.1) is 0 Å². The van der Waals surface area contributed by atoms with Gasteiger partial charge in [-0.05, 0) is 12.5 Å². The third kappa shape index (κ3) is 3.22. The lowest BCUT2D eigenvalue weighted by Gasteiger charge is -2.21. The Morgan fingerprint density at radius 1 is 1.42 bits per heavy atom. The van der Waals surface area contributed by atoms with Gasteiger partial charge in [0.15, 0.2) is 0 Å². The summed E-state index contributed by atoms with van der Waals surface area (Å²) in [6.07, 6.45) is 2.26. The summed E-state index contributed by atoms with van der Waals surface area (Å²) < 4.78 is 22.7. The van der Waals surface area contributed by atoms with E-state index in [4.69, 9.17) is 5.14 Å². The topological polar surface area (TPSA) is 89.2 Å². The molecule has 2 N–H and O–H groups in total. The van der Waals surface area contributed by atoms with Gasteiger partial charge in [0.1, 0.15) is 11.6 Å². The van der Waals surface area contributed by atoms with Gasteiger partial charge in [-0.1, -0.05) is 20.8 Å². The van der Waals surface area contributed by atoms with E-state index in [0.29, 0.717) is 19.5 Å². The first-order chi connectivity index (χ1) is 8.68. The summed E-state index contributed by atoms with van der Waals surface area (Å²) in [6, 6.07) is 1.81. The van der Waals surface area contributed by atoms with Gasteiger partial charge >= 0.3 is 0 Å². The van der Waals surface area contributed by atoms with Crippen LogP contribution in [0.3, 0.4) is 0 Å². The van der Waals surface area contributed by atoms with E-state index < -0.39 is 15.3 Å². The minimum Gasteiger partial charge on any atom is -0.355 e. The lowest BCUT2D eigenvalue weighted by Crippen LogP contribution is -2.32. The average molecular weight is 284 g/mol. The maximum atomic E-state index is 11.4. The standard InChI is InChI=1S/C12H20N4O2S/c1-12(2,3)11-14-6-4-10(15-11)16-7-5-9(8-16)19(13,17)18/h4,6,9H,5,7-8H2,1-3H3,(H2,13,17,18)/t9-/m0/s1. The fourth-order valence-corrected chi connectivity index (χ4v) is 2.91. The fraction of sp³-hybridized carbons (Fsp3) is 0.667. The first-order valence-corrected chi connectivity index (χ1v) is 7.89. The van der Waals surface area contributed by atoms with Crippen LogP contribution < -0.4 is 10.0 Å². The molecule has 1 saturated heterocycles. The second kappa shape index (κ2) is 4.72. The highest BCUT2D eigenvalue weighted by atomic mass is 32.2. The third-order valence-electron chi connectivity index (χ3n) is 3.25. The predicted octanol–water partition coefficient (Wildman–Crippen LogP) is 0.641. The molecule has 1 aliphatic heterocycles. The molecule has 0 unspecified atom stereocenters. The highest BCUT2D eigenvalue weighted by Gasteiger charge is 2.31. The summed E-state index contributed by atoms with van der Waals surface area (Å²) in [5.74, 6) is 1.52. The predicted molar refractivity (Wildman–Crippen MR) is 74.5 cm³/mol. The van der Waals surface area contributed by atoms with Crippen LogP contribution in [-0.4, -0.2) is 36.7 Å². The molecule has 1 aromatic heterocycles. The van der Waals surface area contributed by atoms with Gasteiger partial charge in [0, 0.05) is 24.7 Å². The second-order valence-corrected chi connectivity index (χ2v) is 7.78. The van der Waals surface area contributed by atoms with Crippen molar-refractivity contribution >= 4 is 15.8 Å². The second-order valence-electron chi connectivity index (χ2n) is 5.93. The summed E-state index contributed by atoms with van der Waals surface area (Å²) >= 11 is 0. The summed E-state index contributed by atoms with van der Waals surface area (Å²) in [4.78, 5) is 10.7. The van der Waals surface area contributed by atoms with Crippen molar-refractivity contribution < 1.29 is 8.42 Å². The average Bonchev–Trinajstić information content (AvgIpc) is 2.77. The Labute approximate surface area is 114 Å². The number of sulfonamides is 1. The van der Waals surface area contributed by atoms with E-state index in [-0.39, 0.29) is 5.41 Å². The van der Waals surface area contributed by atoms with Crippen molar-refractivity contribution in [2.45, 2.75) is 37.9 Å². The van der Waals surface area contributed by atoms with E-state index in [2.05, 4.69) is 9.97 Å². The van der Waals surface area contributed by atoms with Crippen LogP contribution in [0.5, 0.6) is 0 Å². The Balaban J connectivity index is 2.21. The van der Waals surface area contributed by atoms with Crippen molar-refractivity contribution in [3.63, 3.8) is 0 Å². The maximum absolute atomic E-state index is 11.4. The maximum Gasteiger partial charge on any atom is 0.213 e. The number of hydrogen-bond acceptors (Lipinski definition) is 5. The molecule has 0 radical (unpaired) electrons. The van der Waals surface area contributed by atoms with E-state index in [1.165, 1.54) is 0 Å².